The van der Waals surface area contributed by atoms with Gasteiger partial charge in [-0.05, 0) is 44.4 Å². The van der Waals surface area contributed by atoms with Crippen molar-refractivity contribution in [2.24, 2.45) is 5.73 Å². The second kappa shape index (κ2) is 13.1. The molecule has 1 rings (SSSR count). The molecule has 0 saturated heterocycles. The maximum Gasteiger partial charge on any atom is 0.408 e. The van der Waals surface area contributed by atoms with Gasteiger partial charge in [0.1, 0.15) is 24.2 Å². The third-order valence-corrected chi connectivity index (χ3v) is 4.75. The average molecular weight is 491 g/mol. The van der Waals surface area contributed by atoms with E-state index in [2.05, 4.69) is 21.9 Å². The highest BCUT2D eigenvalue weighted by Crippen LogP contribution is 2.23. The van der Waals surface area contributed by atoms with Gasteiger partial charge in [-0.3, -0.25) is 19.2 Å². The first kappa shape index (κ1) is 29.1. The number of rotatable bonds is 11. The number of hydrogen-bond acceptors (Lipinski definition) is 7. The number of nitrogens with zero attached hydrogens (tertiary/aromatic N) is 1. The molecule has 0 radical (unpaired) electrons. The molecule has 35 heavy (non-hydrogen) atoms. The lowest BCUT2D eigenvalue weighted by Gasteiger charge is -2.31. The van der Waals surface area contributed by atoms with E-state index in [4.69, 9.17) is 10.5 Å². The van der Waals surface area contributed by atoms with E-state index in [-0.39, 0.29) is 12.8 Å². The fraction of sp³-hybridized carbons (Fsp3) is 0.458. The number of methoxy groups -OCH3 is 1. The number of nitrogens with two attached hydrogens (primary N) is 1. The van der Waals surface area contributed by atoms with Crippen molar-refractivity contribution in [3.8, 4) is 0 Å². The molecular formula is C24H34N4O7. The molecule has 2 atom stereocenters. The number of likely N-dealkylation sites (N-methyl/N-ethyl adjacent to an activating group) is 1. The highest BCUT2D eigenvalue weighted by atomic mass is 16.6. The van der Waals surface area contributed by atoms with Gasteiger partial charge in [-0.25, -0.2) is 4.79 Å². The van der Waals surface area contributed by atoms with Gasteiger partial charge in [-0.1, -0.05) is 30.9 Å². The normalized spacial score (nSPS) is 12.5. The summed E-state index contributed by atoms with van der Waals surface area (Å²) >= 11 is 0. The van der Waals surface area contributed by atoms with E-state index in [0.29, 0.717) is 11.1 Å². The van der Waals surface area contributed by atoms with E-state index in [0.717, 1.165) is 4.90 Å². The van der Waals surface area contributed by atoms with E-state index in [1.807, 2.05) is 0 Å². The predicted molar refractivity (Wildman–Crippen MR) is 129 cm³/mol. The summed E-state index contributed by atoms with van der Waals surface area (Å²) in [4.78, 5) is 62.9. The zero-order chi connectivity index (χ0) is 26.8. The largest absolute Gasteiger partial charge is 0.468 e. The van der Waals surface area contributed by atoms with Crippen LogP contribution in [0.25, 0.3) is 6.08 Å². The summed E-state index contributed by atoms with van der Waals surface area (Å²) in [5.74, 6) is -2.66. The summed E-state index contributed by atoms with van der Waals surface area (Å²) in [7, 11) is 2.56. The van der Waals surface area contributed by atoms with Gasteiger partial charge in [0.05, 0.1) is 7.11 Å². The van der Waals surface area contributed by atoms with E-state index in [1.54, 1.807) is 51.1 Å². The molecule has 4 amide bonds. The Hall–Kier alpha value is -3.89. The Morgan fingerprint density at radius 1 is 1.20 bits per heavy atom. The third-order valence-electron chi connectivity index (χ3n) is 4.75. The van der Waals surface area contributed by atoms with Crippen LogP contribution in [0.4, 0.5) is 4.79 Å². The van der Waals surface area contributed by atoms with Crippen molar-refractivity contribution < 1.29 is 33.4 Å². The molecule has 2 unspecified atom stereocenters. The van der Waals surface area contributed by atoms with Crippen LogP contribution in [0.15, 0.2) is 30.8 Å². The molecule has 0 aromatic heterocycles. The van der Waals surface area contributed by atoms with Crippen molar-refractivity contribution >= 4 is 35.9 Å². The van der Waals surface area contributed by atoms with Crippen molar-refractivity contribution in [1.29, 1.82) is 0 Å². The summed E-state index contributed by atoms with van der Waals surface area (Å²) in [5, 5.41) is 4.90. The van der Waals surface area contributed by atoms with Gasteiger partial charge in [0.25, 0.3) is 0 Å². The molecule has 192 valence electrons. The average Bonchev–Trinajstić information content (AvgIpc) is 2.78. The second-order valence-corrected chi connectivity index (χ2v) is 8.72. The van der Waals surface area contributed by atoms with Crippen LogP contribution in [0.3, 0.4) is 0 Å². The van der Waals surface area contributed by atoms with E-state index < -0.39 is 54.0 Å². The lowest BCUT2D eigenvalue weighted by Crippen LogP contribution is -2.52. The SMILES string of the molecule is C=Cc1cccc(C(C(=O)NCC(=O)OC)N(C)C(=O)C(CCC(N)=O)NC(=O)OC(C)(C)C)c1. The Bertz CT molecular complexity index is 955. The molecule has 0 aliphatic carbocycles. The maximum absolute atomic E-state index is 13.4. The number of hydrogen-bond donors (Lipinski definition) is 3. The number of ether oxygens (including phenoxy) is 2. The van der Waals surface area contributed by atoms with E-state index >= 15 is 0 Å². The van der Waals surface area contributed by atoms with Crippen LogP contribution >= 0.6 is 0 Å². The quantitative estimate of drug-likeness (QED) is 0.394. The summed E-state index contributed by atoms with van der Waals surface area (Å²) < 4.78 is 9.78. The predicted octanol–water partition coefficient (Wildman–Crippen LogP) is 1.28. The molecule has 0 fully saturated rings. The minimum atomic E-state index is -1.21. The minimum Gasteiger partial charge on any atom is -0.468 e. The molecule has 1 aromatic rings. The zero-order valence-corrected chi connectivity index (χ0v) is 20.8. The maximum atomic E-state index is 13.4. The Morgan fingerprint density at radius 3 is 2.40 bits per heavy atom. The number of nitrogens with one attached hydrogen (secondary N) is 2. The van der Waals surface area contributed by atoms with Crippen molar-refractivity contribution in [3.63, 3.8) is 0 Å². The summed E-state index contributed by atoms with van der Waals surface area (Å²) in [6.07, 6.45) is 0.412. The number of benzene rings is 1. The van der Waals surface area contributed by atoms with Gasteiger partial charge in [0.2, 0.25) is 17.7 Å². The fourth-order valence-corrected chi connectivity index (χ4v) is 3.10. The molecule has 4 N–H and O–H groups in total. The second-order valence-electron chi connectivity index (χ2n) is 8.72. The lowest BCUT2D eigenvalue weighted by atomic mass is 10.0. The van der Waals surface area contributed by atoms with Crippen molar-refractivity contribution in [2.45, 2.75) is 51.3 Å². The molecule has 0 spiro atoms. The van der Waals surface area contributed by atoms with Crippen LogP contribution in [-0.2, 0) is 28.7 Å². The van der Waals surface area contributed by atoms with Gasteiger partial charge in [-0.15, -0.1) is 0 Å². The van der Waals surface area contributed by atoms with Gasteiger partial charge < -0.3 is 30.7 Å². The van der Waals surface area contributed by atoms with Crippen LogP contribution < -0.4 is 16.4 Å². The Labute approximate surface area is 205 Å². The fourth-order valence-electron chi connectivity index (χ4n) is 3.10. The molecule has 0 bridgehead atoms. The topological polar surface area (TPSA) is 157 Å². The Balaban J connectivity index is 3.30. The first-order valence-electron chi connectivity index (χ1n) is 10.9. The molecule has 0 heterocycles. The van der Waals surface area contributed by atoms with Crippen molar-refractivity contribution in [3.05, 3.63) is 42.0 Å². The van der Waals surface area contributed by atoms with Crippen LogP contribution in [0, 0.1) is 0 Å². The standard InChI is InChI=1S/C24H34N4O7/c1-7-15-9-8-10-16(13-15)20(21(31)26-14-19(30)34-6)28(5)22(32)17(11-12-18(25)29)27-23(33)35-24(2,3)4/h7-10,13,17,20H,1,11-12,14H2,2-6H3,(H2,25,29)(H,26,31)(H,27,33). The van der Waals surface area contributed by atoms with Crippen molar-refractivity contribution in [1.82, 2.24) is 15.5 Å². The molecule has 11 nitrogen and oxygen atoms in total. The van der Waals surface area contributed by atoms with Gasteiger partial charge in [-0.2, -0.15) is 0 Å². The number of carbonyl (C=O) groups excluding carboxylic acids is 5. The molecule has 11 heteroatoms. The number of alkyl carbamates (subject to hydrolysis) is 1. The summed E-state index contributed by atoms with van der Waals surface area (Å²) in [6, 6.07) is 4.37. The molecule has 0 aliphatic rings. The number of amides is 4. The summed E-state index contributed by atoms with van der Waals surface area (Å²) in [5.41, 5.74) is 5.55. The van der Waals surface area contributed by atoms with Gasteiger partial charge >= 0.3 is 12.1 Å². The lowest BCUT2D eigenvalue weighted by molar-refractivity contribution is -0.143. The van der Waals surface area contributed by atoms with E-state index in [9.17, 15) is 24.0 Å². The third kappa shape index (κ3) is 9.86. The number of esters is 1. The smallest absolute Gasteiger partial charge is 0.408 e. The highest BCUT2D eigenvalue weighted by Gasteiger charge is 2.34. The van der Waals surface area contributed by atoms with Crippen LogP contribution in [-0.4, -0.2) is 67.0 Å². The molecule has 1 aromatic carbocycles. The zero-order valence-electron chi connectivity index (χ0n) is 20.8. The van der Waals surface area contributed by atoms with Crippen LogP contribution in [0.5, 0.6) is 0 Å². The molecule has 0 saturated carbocycles. The van der Waals surface area contributed by atoms with Gasteiger partial charge in [0.15, 0.2) is 0 Å². The first-order chi connectivity index (χ1) is 16.3. The first-order valence-corrected chi connectivity index (χ1v) is 10.9. The molecule has 0 aliphatic heterocycles. The Kier molecular flexibility index (Phi) is 10.9. The summed E-state index contributed by atoms with van der Waals surface area (Å²) in [6.45, 7) is 8.28. The monoisotopic (exact) mass is 490 g/mol. The van der Waals surface area contributed by atoms with Crippen LogP contribution in [0.2, 0.25) is 0 Å². The van der Waals surface area contributed by atoms with Crippen molar-refractivity contribution in [2.75, 3.05) is 20.7 Å². The van der Waals surface area contributed by atoms with Gasteiger partial charge in [0, 0.05) is 13.5 Å². The number of primary amides is 1. The van der Waals surface area contributed by atoms with E-state index in [1.165, 1.54) is 14.2 Å². The van der Waals surface area contributed by atoms with Crippen LogP contribution in [0.1, 0.15) is 50.8 Å². The molecular weight excluding hydrogens is 456 g/mol. The minimum absolute atomic E-state index is 0.110. The number of carbonyl (C=O) groups is 5. The Morgan fingerprint density at radius 2 is 1.86 bits per heavy atom. The highest BCUT2D eigenvalue weighted by molar-refractivity contribution is 5.93.